The molecule has 6 heteroatoms. The second-order valence-corrected chi connectivity index (χ2v) is 7.96. The highest BCUT2D eigenvalue weighted by Gasteiger charge is 2.28. The number of carbonyl (C=O) groups is 2. The monoisotopic (exact) mass is 417 g/mol. The van der Waals surface area contributed by atoms with E-state index in [1.165, 1.54) is 11.1 Å². The van der Waals surface area contributed by atoms with Crippen LogP contribution in [0.4, 0.5) is 4.79 Å². The summed E-state index contributed by atoms with van der Waals surface area (Å²) < 4.78 is 5.46. The number of rotatable bonds is 4. The molecule has 3 aromatic rings. The molecule has 0 atom stereocenters. The van der Waals surface area contributed by atoms with Gasteiger partial charge in [0.1, 0.15) is 11.5 Å². The highest BCUT2D eigenvalue weighted by Crippen LogP contribution is 2.44. The zero-order valence-corrected chi connectivity index (χ0v) is 17.1. The standard InChI is InChI=1S/C24H19NO4S/c1-15-13-22(23(26)27)30-21(15)11-6-12-25-24(28)29-14-20-18-9-4-2-7-16(18)17-8-3-5-10-19(17)20/h2-5,7-10,13,20H,12,14H2,1H3,(H,25,28)(H,26,27). The van der Waals surface area contributed by atoms with Gasteiger partial charge < -0.3 is 15.2 Å². The van der Waals surface area contributed by atoms with Gasteiger partial charge in [-0.2, -0.15) is 0 Å². The molecule has 0 spiro atoms. The average Bonchev–Trinajstić information content (AvgIpc) is 3.28. The summed E-state index contributed by atoms with van der Waals surface area (Å²) in [6, 6.07) is 17.9. The summed E-state index contributed by atoms with van der Waals surface area (Å²) in [5, 5.41) is 11.7. The predicted molar refractivity (Wildman–Crippen MR) is 116 cm³/mol. The molecule has 1 aromatic heterocycles. The maximum atomic E-state index is 12.1. The summed E-state index contributed by atoms with van der Waals surface area (Å²) in [7, 11) is 0. The number of hydrogen-bond donors (Lipinski definition) is 2. The normalized spacial score (nSPS) is 11.8. The Hall–Kier alpha value is -3.56. The molecule has 0 saturated carbocycles. The van der Waals surface area contributed by atoms with E-state index in [0.717, 1.165) is 28.0 Å². The van der Waals surface area contributed by atoms with Crippen molar-refractivity contribution in [1.29, 1.82) is 0 Å². The first-order valence-electron chi connectivity index (χ1n) is 9.46. The van der Waals surface area contributed by atoms with Crippen molar-refractivity contribution in [2.45, 2.75) is 12.8 Å². The third-order valence-electron chi connectivity index (χ3n) is 5.00. The van der Waals surface area contributed by atoms with Crippen LogP contribution in [0.1, 0.15) is 37.2 Å². The topological polar surface area (TPSA) is 75.6 Å². The molecule has 1 amide bonds. The van der Waals surface area contributed by atoms with Gasteiger partial charge in [0.2, 0.25) is 0 Å². The molecule has 0 unspecified atom stereocenters. The third kappa shape index (κ3) is 3.93. The van der Waals surface area contributed by atoms with Crippen molar-refractivity contribution in [3.05, 3.63) is 81.0 Å². The van der Waals surface area contributed by atoms with Gasteiger partial charge in [-0.05, 0) is 40.8 Å². The molecule has 2 N–H and O–H groups in total. The van der Waals surface area contributed by atoms with Gasteiger partial charge in [0.15, 0.2) is 0 Å². The van der Waals surface area contributed by atoms with Gasteiger partial charge in [0.05, 0.1) is 11.4 Å². The van der Waals surface area contributed by atoms with Crippen LogP contribution in [0.3, 0.4) is 0 Å². The largest absolute Gasteiger partial charge is 0.477 e. The van der Waals surface area contributed by atoms with Crippen molar-refractivity contribution in [2.24, 2.45) is 0 Å². The zero-order valence-electron chi connectivity index (χ0n) is 16.3. The van der Waals surface area contributed by atoms with Crippen molar-refractivity contribution >= 4 is 23.4 Å². The minimum absolute atomic E-state index is 0.0115. The number of carbonyl (C=O) groups excluding carboxylic acids is 1. The van der Waals surface area contributed by atoms with Crippen LogP contribution in [0.15, 0.2) is 54.6 Å². The predicted octanol–water partition coefficient (Wildman–Crippen LogP) is 4.64. The fraction of sp³-hybridized carbons (Fsp3) is 0.167. The summed E-state index contributed by atoms with van der Waals surface area (Å²) in [6.07, 6.45) is -0.528. The summed E-state index contributed by atoms with van der Waals surface area (Å²) >= 11 is 1.12. The first-order valence-corrected chi connectivity index (χ1v) is 10.3. The van der Waals surface area contributed by atoms with Crippen LogP contribution < -0.4 is 5.32 Å². The highest BCUT2D eigenvalue weighted by atomic mass is 32.1. The van der Waals surface area contributed by atoms with Gasteiger partial charge in [-0.25, -0.2) is 9.59 Å². The minimum atomic E-state index is -0.965. The Balaban J connectivity index is 1.35. The van der Waals surface area contributed by atoms with Gasteiger partial charge in [0, 0.05) is 5.92 Å². The molecule has 0 radical (unpaired) electrons. The first kappa shape index (κ1) is 19.7. The van der Waals surface area contributed by atoms with E-state index in [4.69, 9.17) is 9.84 Å². The lowest BCUT2D eigenvalue weighted by Gasteiger charge is -2.14. The Morgan fingerprint density at radius 3 is 2.33 bits per heavy atom. The second-order valence-electron chi connectivity index (χ2n) is 6.91. The van der Waals surface area contributed by atoms with Crippen molar-refractivity contribution in [1.82, 2.24) is 5.32 Å². The number of benzene rings is 2. The van der Waals surface area contributed by atoms with E-state index in [1.807, 2.05) is 31.2 Å². The highest BCUT2D eigenvalue weighted by molar-refractivity contribution is 7.14. The zero-order chi connectivity index (χ0) is 21.1. The molecule has 4 rings (SSSR count). The van der Waals surface area contributed by atoms with E-state index in [9.17, 15) is 9.59 Å². The SMILES string of the molecule is Cc1cc(C(=O)O)sc1C#CCNC(=O)OCC1c2ccccc2-c2ccccc21. The van der Waals surface area contributed by atoms with E-state index < -0.39 is 12.1 Å². The Bertz CT molecular complexity index is 1140. The number of fused-ring (bicyclic) bond motifs is 3. The van der Waals surface area contributed by atoms with Gasteiger partial charge in [-0.3, -0.25) is 0 Å². The molecule has 150 valence electrons. The lowest BCUT2D eigenvalue weighted by Crippen LogP contribution is -2.26. The molecule has 0 saturated heterocycles. The molecule has 0 fully saturated rings. The molecule has 1 aliphatic carbocycles. The van der Waals surface area contributed by atoms with Crippen LogP contribution in [0.2, 0.25) is 0 Å². The Morgan fingerprint density at radius 1 is 1.10 bits per heavy atom. The molecule has 0 aliphatic heterocycles. The fourth-order valence-corrected chi connectivity index (χ4v) is 4.49. The fourth-order valence-electron chi connectivity index (χ4n) is 3.60. The summed E-state index contributed by atoms with van der Waals surface area (Å²) in [4.78, 5) is 24.1. The van der Waals surface area contributed by atoms with E-state index in [-0.39, 0.29) is 23.9 Å². The quantitative estimate of drug-likeness (QED) is 0.606. The number of alkyl carbamates (subject to hydrolysis) is 1. The Labute approximate surface area is 178 Å². The minimum Gasteiger partial charge on any atom is -0.477 e. The Kier molecular flexibility index (Phi) is 5.55. The first-order chi connectivity index (χ1) is 14.5. The summed E-state index contributed by atoms with van der Waals surface area (Å²) in [5.74, 6) is 4.79. The van der Waals surface area contributed by atoms with Gasteiger partial charge >= 0.3 is 12.1 Å². The van der Waals surface area contributed by atoms with Crippen molar-refractivity contribution < 1.29 is 19.4 Å². The van der Waals surface area contributed by atoms with E-state index >= 15 is 0 Å². The number of aryl methyl sites for hydroxylation is 1. The number of thiophene rings is 1. The second kappa shape index (κ2) is 8.44. The molecule has 2 aromatic carbocycles. The number of hydrogen-bond acceptors (Lipinski definition) is 4. The summed E-state index contributed by atoms with van der Waals surface area (Å²) in [5.41, 5.74) is 5.49. The van der Waals surface area contributed by atoms with Crippen molar-refractivity contribution in [2.75, 3.05) is 13.2 Å². The van der Waals surface area contributed by atoms with E-state index in [0.29, 0.717) is 4.88 Å². The van der Waals surface area contributed by atoms with Crippen LogP contribution in [0.5, 0.6) is 0 Å². The average molecular weight is 417 g/mol. The molecule has 30 heavy (non-hydrogen) atoms. The molecule has 1 heterocycles. The van der Waals surface area contributed by atoms with Crippen molar-refractivity contribution in [3.63, 3.8) is 0 Å². The number of carboxylic acids is 1. The smallest absolute Gasteiger partial charge is 0.407 e. The lowest BCUT2D eigenvalue weighted by atomic mass is 9.98. The summed E-state index contributed by atoms with van der Waals surface area (Å²) in [6.45, 7) is 2.18. The van der Waals surface area contributed by atoms with Crippen LogP contribution in [0.25, 0.3) is 11.1 Å². The Morgan fingerprint density at radius 2 is 1.73 bits per heavy atom. The third-order valence-corrected chi connectivity index (χ3v) is 6.14. The van der Waals surface area contributed by atoms with Crippen LogP contribution in [0, 0.1) is 18.8 Å². The molecule has 1 aliphatic rings. The number of aromatic carboxylic acids is 1. The number of amides is 1. The number of nitrogens with one attached hydrogen (secondary N) is 1. The number of ether oxygens (including phenoxy) is 1. The van der Waals surface area contributed by atoms with Gasteiger partial charge in [0.25, 0.3) is 0 Å². The maximum absolute atomic E-state index is 12.1. The molecular formula is C24H19NO4S. The maximum Gasteiger partial charge on any atom is 0.407 e. The molecule has 0 bridgehead atoms. The van der Waals surface area contributed by atoms with Crippen LogP contribution >= 0.6 is 11.3 Å². The van der Waals surface area contributed by atoms with E-state index in [2.05, 4.69) is 41.4 Å². The molecular weight excluding hydrogens is 398 g/mol. The van der Waals surface area contributed by atoms with Gasteiger partial charge in [-0.15, -0.1) is 11.3 Å². The number of carboxylic acid groups (broad SMARTS) is 1. The van der Waals surface area contributed by atoms with Crippen LogP contribution in [-0.4, -0.2) is 30.3 Å². The lowest BCUT2D eigenvalue weighted by molar-refractivity contribution is 0.0702. The van der Waals surface area contributed by atoms with Crippen molar-refractivity contribution in [3.8, 4) is 23.0 Å². The van der Waals surface area contributed by atoms with Crippen LogP contribution in [-0.2, 0) is 4.74 Å². The van der Waals surface area contributed by atoms with E-state index in [1.54, 1.807) is 6.07 Å². The molecule has 5 nitrogen and oxygen atoms in total. The van der Waals surface area contributed by atoms with Gasteiger partial charge in [-0.1, -0.05) is 60.4 Å².